The van der Waals surface area contributed by atoms with E-state index in [0.29, 0.717) is 18.0 Å². The second-order valence-corrected chi connectivity index (χ2v) is 5.10. The molecule has 1 unspecified atom stereocenters. The summed E-state index contributed by atoms with van der Waals surface area (Å²) in [4.78, 5) is 4.21. The lowest BCUT2D eigenvalue weighted by Crippen LogP contribution is -2.36. The molecular weight excluding hydrogens is 242 g/mol. The van der Waals surface area contributed by atoms with Crippen LogP contribution in [-0.2, 0) is 0 Å². The van der Waals surface area contributed by atoms with Crippen molar-refractivity contribution in [3.05, 3.63) is 24.3 Å². The van der Waals surface area contributed by atoms with Crippen LogP contribution in [0.1, 0.15) is 0 Å². The van der Waals surface area contributed by atoms with Crippen molar-refractivity contribution in [3.8, 4) is 5.75 Å². The monoisotopic (exact) mass is 267 g/mol. The van der Waals surface area contributed by atoms with Crippen LogP contribution in [0.4, 0.5) is 5.69 Å². The number of rotatable bonds is 8. The Balaban J connectivity index is 2.25. The lowest BCUT2D eigenvalue weighted by Gasteiger charge is -2.22. The van der Waals surface area contributed by atoms with E-state index in [1.807, 2.05) is 33.3 Å². The van der Waals surface area contributed by atoms with E-state index in [-0.39, 0.29) is 6.61 Å². The molecule has 0 amide bonds. The fourth-order valence-corrected chi connectivity index (χ4v) is 1.67. The fraction of sp³-hybridized carbons (Fsp3) is 0.571. The first-order chi connectivity index (χ1) is 8.97. The predicted octanol–water partition coefficient (Wildman–Crippen LogP) is 0.502. The van der Waals surface area contributed by atoms with Gasteiger partial charge in [0.2, 0.25) is 0 Å². The number of nitrogens with zero attached hydrogens (tertiary/aromatic N) is 2. The van der Waals surface area contributed by atoms with E-state index in [1.54, 1.807) is 12.1 Å². The number of hydrogen-bond donors (Lipinski definition) is 2. The Morgan fingerprint density at radius 3 is 2.63 bits per heavy atom. The number of hydrogen-bond acceptors (Lipinski definition) is 5. The van der Waals surface area contributed by atoms with Crippen LogP contribution in [0.25, 0.3) is 0 Å². The molecular formula is C14H25N3O2. The molecule has 0 saturated heterocycles. The van der Waals surface area contributed by atoms with Crippen LogP contribution in [0.15, 0.2) is 24.3 Å². The van der Waals surface area contributed by atoms with Crippen LogP contribution < -0.4 is 10.5 Å². The predicted molar refractivity (Wildman–Crippen MR) is 78.4 cm³/mol. The molecule has 0 aliphatic rings. The summed E-state index contributed by atoms with van der Waals surface area (Å²) in [5, 5.41) is 9.90. The smallest absolute Gasteiger partial charge is 0.121 e. The lowest BCUT2D eigenvalue weighted by atomic mass is 10.3. The van der Waals surface area contributed by atoms with Crippen LogP contribution in [-0.4, -0.2) is 68.4 Å². The van der Waals surface area contributed by atoms with Gasteiger partial charge in [0.1, 0.15) is 18.5 Å². The average Bonchev–Trinajstić information content (AvgIpc) is 2.34. The number of anilines is 1. The van der Waals surface area contributed by atoms with Crippen molar-refractivity contribution in [2.45, 2.75) is 6.10 Å². The van der Waals surface area contributed by atoms with Crippen molar-refractivity contribution < 1.29 is 9.84 Å². The average molecular weight is 267 g/mol. The van der Waals surface area contributed by atoms with Gasteiger partial charge in [-0.05, 0) is 33.3 Å². The summed E-state index contributed by atoms with van der Waals surface area (Å²) in [5.41, 5.74) is 6.32. The molecule has 0 saturated carbocycles. The second-order valence-electron chi connectivity index (χ2n) is 5.10. The van der Waals surface area contributed by atoms with Crippen LogP contribution in [0.5, 0.6) is 5.75 Å². The molecule has 19 heavy (non-hydrogen) atoms. The van der Waals surface area contributed by atoms with E-state index in [0.717, 1.165) is 13.1 Å². The Bertz CT molecular complexity index is 371. The van der Waals surface area contributed by atoms with E-state index >= 15 is 0 Å². The summed E-state index contributed by atoms with van der Waals surface area (Å²) in [6, 6.07) is 7.22. The first-order valence-electron chi connectivity index (χ1n) is 6.47. The van der Waals surface area contributed by atoms with Crippen LogP contribution in [0.3, 0.4) is 0 Å². The standard InChI is InChI=1S/C14H25N3O2/c1-16(2)7-8-17(3)10-13(18)11-19-14-6-4-5-12(15)9-14/h4-6,9,13,18H,7-8,10-11,15H2,1-3H3. The molecule has 0 fully saturated rings. The zero-order valence-electron chi connectivity index (χ0n) is 12.0. The summed E-state index contributed by atoms with van der Waals surface area (Å²) < 4.78 is 5.51. The second kappa shape index (κ2) is 7.99. The van der Waals surface area contributed by atoms with E-state index in [4.69, 9.17) is 10.5 Å². The Hall–Kier alpha value is -1.30. The molecule has 0 aromatic heterocycles. The van der Waals surface area contributed by atoms with Gasteiger partial charge in [0.25, 0.3) is 0 Å². The molecule has 0 bridgehead atoms. The van der Waals surface area contributed by atoms with Crippen LogP contribution in [0, 0.1) is 0 Å². The van der Waals surface area contributed by atoms with E-state index in [1.165, 1.54) is 0 Å². The van der Waals surface area contributed by atoms with Crippen LogP contribution in [0.2, 0.25) is 0 Å². The van der Waals surface area contributed by atoms with Gasteiger partial charge in [0, 0.05) is 31.4 Å². The molecule has 5 heteroatoms. The van der Waals surface area contributed by atoms with Gasteiger partial charge in [-0.15, -0.1) is 0 Å². The summed E-state index contributed by atoms with van der Waals surface area (Å²) in [6.45, 7) is 2.76. The summed E-state index contributed by atoms with van der Waals surface area (Å²) in [7, 11) is 6.06. The number of nitrogen functional groups attached to an aromatic ring is 1. The molecule has 1 aromatic rings. The van der Waals surface area contributed by atoms with Gasteiger partial charge < -0.3 is 25.4 Å². The molecule has 0 aliphatic heterocycles. The van der Waals surface area contributed by atoms with Gasteiger partial charge in [-0.1, -0.05) is 6.07 Å². The van der Waals surface area contributed by atoms with Crippen molar-refractivity contribution >= 4 is 5.69 Å². The maximum atomic E-state index is 9.90. The molecule has 1 atom stereocenters. The molecule has 108 valence electrons. The summed E-state index contributed by atoms with van der Waals surface area (Å²) >= 11 is 0. The quantitative estimate of drug-likeness (QED) is 0.672. The SMILES string of the molecule is CN(C)CCN(C)CC(O)COc1cccc(N)c1. The highest BCUT2D eigenvalue weighted by Crippen LogP contribution is 2.14. The molecule has 0 aliphatic carbocycles. The molecule has 3 N–H and O–H groups in total. The minimum Gasteiger partial charge on any atom is -0.491 e. The fourth-order valence-electron chi connectivity index (χ4n) is 1.67. The van der Waals surface area contributed by atoms with E-state index < -0.39 is 6.10 Å². The highest BCUT2D eigenvalue weighted by molar-refractivity contribution is 5.43. The Morgan fingerprint density at radius 2 is 2.00 bits per heavy atom. The number of likely N-dealkylation sites (N-methyl/N-ethyl adjacent to an activating group) is 2. The third-order valence-electron chi connectivity index (χ3n) is 2.75. The Kier molecular flexibility index (Phi) is 6.62. The van der Waals surface area contributed by atoms with Crippen molar-refractivity contribution in [1.82, 2.24) is 9.80 Å². The molecule has 1 rings (SSSR count). The first kappa shape index (κ1) is 15.8. The normalized spacial score (nSPS) is 12.9. The van der Waals surface area contributed by atoms with Gasteiger partial charge >= 0.3 is 0 Å². The lowest BCUT2D eigenvalue weighted by molar-refractivity contribution is 0.0746. The van der Waals surface area contributed by atoms with Gasteiger partial charge in [0.05, 0.1) is 0 Å². The van der Waals surface area contributed by atoms with Gasteiger partial charge in [-0.25, -0.2) is 0 Å². The molecule has 0 heterocycles. The van der Waals surface area contributed by atoms with Crippen molar-refractivity contribution in [3.63, 3.8) is 0 Å². The zero-order chi connectivity index (χ0) is 14.3. The Morgan fingerprint density at radius 1 is 1.26 bits per heavy atom. The summed E-state index contributed by atoms with van der Waals surface area (Å²) in [6.07, 6.45) is -0.506. The third-order valence-corrected chi connectivity index (χ3v) is 2.75. The summed E-state index contributed by atoms with van der Waals surface area (Å²) in [5.74, 6) is 0.690. The number of aliphatic hydroxyl groups excluding tert-OH is 1. The third kappa shape index (κ3) is 7.00. The van der Waals surface area contributed by atoms with Crippen molar-refractivity contribution in [2.75, 3.05) is 53.1 Å². The largest absolute Gasteiger partial charge is 0.491 e. The van der Waals surface area contributed by atoms with Gasteiger partial charge in [-0.2, -0.15) is 0 Å². The number of benzene rings is 1. The highest BCUT2D eigenvalue weighted by Gasteiger charge is 2.09. The number of aliphatic hydroxyl groups is 1. The minimum atomic E-state index is -0.506. The van der Waals surface area contributed by atoms with E-state index in [9.17, 15) is 5.11 Å². The maximum absolute atomic E-state index is 9.90. The first-order valence-corrected chi connectivity index (χ1v) is 6.47. The number of ether oxygens (including phenoxy) is 1. The highest BCUT2D eigenvalue weighted by atomic mass is 16.5. The van der Waals surface area contributed by atoms with Gasteiger partial charge in [-0.3, -0.25) is 0 Å². The van der Waals surface area contributed by atoms with Crippen molar-refractivity contribution in [1.29, 1.82) is 0 Å². The molecule has 1 aromatic carbocycles. The minimum absolute atomic E-state index is 0.274. The zero-order valence-corrected chi connectivity index (χ0v) is 12.0. The van der Waals surface area contributed by atoms with E-state index in [2.05, 4.69) is 9.80 Å². The van der Waals surface area contributed by atoms with Gasteiger partial charge in [0.15, 0.2) is 0 Å². The molecule has 5 nitrogen and oxygen atoms in total. The molecule has 0 radical (unpaired) electrons. The van der Waals surface area contributed by atoms with Crippen LogP contribution >= 0.6 is 0 Å². The number of nitrogens with two attached hydrogens (primary N) is 1. The van der Waals surface area contributed by atoms with Crippen molar-refractivity contribution in [2.24, 2.45) is 0 Å². The molecule has 0 spiro atoms. The topological polar surface area (TPSA) is 62.0 Å². The Labute approximate surface area is 115 Å². The maximum Gasteiger partial charge on any atom is 0.121 e.